The minimum absolute atomic E-state index is 0.162. The van der Waals surface area contributed by atoms with E-state index in [2.05, 4.69) is 33.9 Å². The molecule has 0 bridgehead atoms. The van der Waals surface area contributed by atoms with E-state index in [1.54, 1.807) is 18.2 Å². The highest BCUT2D eigenvalue weighted by Crippen LogP contribution is 2.36. The first-order chi connectivity index (χ1) is 8.65. The highest BCUT2D eigenvalue weighted by molar-refractivity contribution is 6.74. The van der Waals surface area contributed by atoms with Crippen molar-refractivity contribution in [3.05, 3.63) is 39.9 Å². The van der Waals surface area contributed by atoms with E-state index in [9.17, 15) is 10.1 Å². The fourth-order valence-electron chi connectivity index (χ4n) is 1.53. The van der Waals surface area contributed by atoms with Crippen LogP contribution >= 0.6 is 0 Å². The van der Waals surface area contributed by atoms with Gasteiger partial charge in [0.05, 0.1) is 4.92 Å². The van der Waals surface area contributed by atoms with Crippen LogP contribution in [0.15, 0.2) is 24.3 Å². The first-order valence-corrected chi connectivity index (χ1v) is 9.42. The number of benzene rings is 1. The van der Waals surface area contributed by atoms with Crippen molar-refractivity contribution in [2.45, 2.75) is 45.3 Å². The topological polar surface area (TPSA) is 52.4 Å². The van der Waals surface area contributed by atoms with Gasteiger partial charge in [0.2, 0.25) is 0 Å². The molecule has 0 fully saturated rings. The maximum atomic E-state index is 10.9. The number of nitro benzene ring substituents is 1. The van der Waals surface area contributed by atoms with Crippen LogP contribution in [0.4, 0.5) is 5.69 Å². The number of hydrogen-bond donors (Lipinski definition) is 0. The molecule has 0 N–H and O–H groups in total. The Morgan fingerprint density at radius 1 is 1.26 bits per heavy atom. The van der Waals surface area contributed by atoms with Gasteiger partial charge in [0.1, 0.15) is 0 Å². The van der Waals surface area contributed by atoms with Gasteiger partial charge in [0.25, 0.3) is 5.69 Å². The Morgan fingerprint density at radius 3 is 2.37 bits per heavy atom. The molecule has 1 rings (SSSR count). The first kappa shape index (κ1) is 15.9. The summed E-state index contributed by atoms with van der Waals surface area (Å²) in [5.74, 6) is 0. The Kier molecular flexibility index (Phi) is 4.87. The standard InChI is InChI=1S/C14H23NO3Si/c1-14(2,3)19(4,5)18-11-10-12-8-6-7-9-13(12)15(16)17/h6-9H,10-11H2,1-5H3. The van der Waals surface area contributed by atoms with Crippen LogP contribution in [-0.2, 0) is 10.8 Å². The fourth-order valence-corrected chi connectivity index (χ4v) is 2.58. The lowest BCUT2D eigenvalue weighted by molar-refractivity contribution is -0.385. The third-order valence-corrected chi connectivity index (χ3v) is 8.37. The molecule has 4 nitrogen and oxygen atoms in total. The summed E-state index contributed by atoms with van der Waals surface area (Å²) in [7, 11) is -1.77. The van der Waals surface area contributed by atoms with E-state index in [4.69, 9.17) is 4.43 Å². The molecule has 0 aliphatic carbocycles. The van der Waals surface area contributed by atoms with Gasteiger partial charge in [-0.25, -0.2) is 0 Å². The molecule has 0 saturated heterocycles. The number of nitrogens with zero attached hydrogens (tertiary/aromatic N) is 1. The second kappa shape index (κ2) is 5.84. The minimum atomic E-state index is -1.77. The molecule has 0 atom stereocenters. The Morgan fingerprint density at radius 2 is 1.84 bits per heavy atom. The third-order valence-electron chi connectivity index (χ3n) is 3.83. The molecule has 0 unspecified atom stereocenters. The third kappa shape index (κ3) is 4.14. The summed E-state index contributed by atoms with van der Waals surface area (Å²) < 4.78 is 6.05. The van der Waals surface area contributed by atoms with E-state index in [-0.39, 0.29) is 15.6 Å². The molecule has 0 aliphatic rings. The summed E-state index contributed by atoms with van der Waals surface area (Å²) >= 11 is 0. The van der Waals surface area contributed by atoms with Crippen LogP contribution in [0.2, 0.25) is 18.1 Å². The van der Waals surface area contributed by atoms with Crippen molar-refractivity contribution in [3.8, 4) is 0 Å². The average Bonchev–Trinajstić information content (AvgIpc) is 2.27. The monoisotopic (exact) mass is 281 g/mol. The molecule has 1 aromatic rings. The molecule has 0 saturated carbocycles. The van der Waals surface area contributed by atoms with Gasteiger partial charge in [-0.15, -0.1) is 0 Å². The molecule has 0 amide bonds. The van der Waals surface area contributed by atoms with Gasteiger partial charge in [-0.2, -0.15) is 0 Å². The van der Waals surface area contributed by atoms with Crippen molar-refractivity contribution in [3.63, 3.8) is 0 Å². The van der Waals surface area contributed by atoms with E-state index < -0.39 is 8.32 Å². The quantitative estimate of drug-likeness (QED) is 0.462. The predicted octanol–water partition coefficient (Wildman–Crippen LogP) is 4.16. The molecule has 5 heteroatoms. The highest BCUT2D eigenvalue weighted by Gasteiger charge is 2.36. The maximum absolute atomic E-state index is 10.9. The van der Waals surface area contributed by atoms with Gasteiger partial charge in [-0.05, 0) is 18.1 Å². The molecule has 0 heterocycles. The molecule has 106 valence electrons. The average molecular weight is 281 g/mol. The van der Waals surface area contributed by atoms with Crippen LogP contribution in [0.3, 0.4) is 0 Å². The second-order valence-corrected chi connectivity index (χ2v) is 11.1. The molecular weight excluding hydrogens is 258 g/mol. The van der Waals surface area contributed by atoms with E-state index in [0.717, 1.165) is 5.56 Å². The van der Waals surface area contributed by atoms with Crippen molar-refractivity contribution in [1.82, 2.24) is 0 Å². The molecule has 19 heavy (non-hydrogen) atoms. The molecular formula is C14H23NO3Si. The van der Waals surface area contributed by atoms with Crippen LogP contribution in [0.1, 0.15) is 26.3 Å². The molecule has 0 aromatic heterocycles. The number of para-hydroxylation sites is 1. The first-order valence-electron chi connectivity index (χ1n) is 6.51. The molecule has 0 aliphatic heterocycles. The Labute approximate surface area is 116 Å². The van der Waals surface area contributed by atoms with Crippen molar-refractivity contribution in [2.24, 2.45) is 0 Å². The van der Waals surface area contributed by atoms with Gasteiger partial charge in [-0.3, -0.25) is 10.1 Å². The SMILES string of the molecule is CC(C)(C)[Si](C)(C)OCCc1ccccc1[N+](=O)[O-]. The van der Waals surface area contributed by atoms with Crippen LogP contribution in [0.25, 0.3) is 0 Å². The molecule has 0 spiro atoms. The Hall–Kier alpha value is -1.20. The number of nitro groups is 1. The predicted molar refractivity (Wildman–Crippen MR) is 79.9 cm³/mol. The lowest BCUT2D eigenvalue weighted by Gasteiger charge is -2.36. The smallest absolute Gasteiger partial charge is 0.272 e. The van der Waals surface area contributed by atoms with Gasteiger partial charge in [0.15, 0.2) is 8.32 Å². The number of rotatable bonds is 5. The van der Waals surface area contributed by atoms with Crippen molar-refractivity contribution in [2.75, 3.05) is 6.61 Å². The van der Waals surface area contributed by atoms with Crippen LogP contribution < -0.4 is 0 Å². The lowest BCUT2D eigenvalue weighted by Crippen LogP contribution is -2.41. The minimum Gasteiger partial charge on any atom is -0.416 e. The Bertz CT molecular complexity index is 452. The van der Waals surface area contributed by atoms with Crippen LogP contribution in [-0.4, -0.2) is 19.8 Å². The zero-order valence-electron chi connectivity index (χ0n) is 12.4. The normalized spacial score (nSPS) is 12.5. The van der Waals surface area contributed by atoms with Crippen LogP contribution in [0, 0.1) is 10.1 Å². The lowest BCUT2D eigenvalue weighted by atomic mass is 10.1. The Balaban J connectivity index is 2.67. The largest absolute Gasteiger partial charge is 0.416 e. The summed E-state index contributed by atoms with van der Waals surface area (Å²) in [6, 6.07) is 6.86. The maximum Gasteiger partial charge on any atom is 0.272 e. The fraction of sp³-hybridized carbons (Fsp3) is 0.571. The van der Waals surface area contributed by atoms with Gasteiger partial charge >= 0.3 is 0 Å². The summed E-state index contributed by atoms with van der Waals surface area (Å²) in [6.45, 7) is 11.5. The van der Waals surface area contributed by atoms with E-state index in [1.165, 1.54) is 0 Å². The summed E-state index contributed by atoms with van der Waals surface area (Å²) in [5.41, 5.74) is 0.924. The summed E-state index contributed by atoms with van der Waals surface area (Å²) in [4.78, 5) is 10.6. The zero-order chi connectivity index (χ0) is 14.7. The van der Waals surface area contributed by atoms with E-state index in [0.29, 0.717) is 13.0 Å². The van der Waals surface area contributed by atoms with Crippen molar-refractivity contribution in [1.29, 1.82) is 0 Å². The van der Waals surface area contributed by atoms with Crippen molar-refractivity contribution < 1.29 is 9.35 Å². The van der Waals surface area contributed by atoms with Gasteiger partial charge in [-0.1, -0.05) is 39.0 Å². The second-order valence-electron chi connectivity index (χ2n) is 6.24. The van der Waals surface area contributed by atoms with Crippen molar-refractivity contribution >= 4 is 14.0 Å². The highest BCUT2D eigenvalue weighted by atomic mass is 28.4. The zero-order valence-corrected chi connectivity index (χ0v) is 13.4. The van der Waals surface area contributed by atoms with E-state index >= 15 is 0 Å². The van der Waals surface area contributed by atoms with Gasteiger partial charge in [0, 0.05) is 24.7 Å². The summed E-state index contributed by atoms with van der Waals surface area (Å²) in [5, 5.41) is 11.1. The number of hydrogen-bond acceptors (Lipinski definition) is 3. The molecule has 1 aromatic carbocycles. The van der Waals surface area contributed by atoms with Gasteiger partial charge < -0.3 is 4.43 Å². The van der Waals surface area contributed by atoms with Crippen LogP contribution in [0.5, 0.6) is 0 Å². The molecule has 0 radical (unpaired) electrons. The summed E-state index contributed by atoms with van der Waals surface area (Å²) in [6.07, 6.45) is 0.587. The van der Waals surface area contributed by atoms with E-state index in [1.807, 2.05) is 6.07 Å².